The van der Waals surface area contributed by atoms with Gasteiger partial charge in [0.05, 0.1) is 5.92 Å². The van der Waals surface area contributed by atoms with Gasteiger partial charge in [0.2, 0.25) is 11.8 Å². The normalized spacial score (nSPS) is 24.2. The number of aromatic nitrogens is 2. The van der Waals surface area contributed by atoms with Crippen molar-refractivity contribution in [3.8, 4) is 0 Å². The van der Waals surface area contributed by atoms with Crippen molar-refractivity contribution in [3.05, 3.63) is 18.2 Å². The maximum Gasteiger partial charge on any atom is 0.227 e. The minimum absolute atomic E-state index is 0.103. The van der Waals surface area contributed by atoms with Crippen LogP contribution < -0.4 is 0 Å². The zero-order valence-electron chi connectivity index (χ0n) is 14.2. The minimum atomic E-state index is -0.180. The summed E-state index contributed by atoms with van der Waals surface area (Å²) in [6.45, 7) is 6.29. The van der Waals surface area contributed by atoms with Crippen LogP contribution in [0, 0.1) is 11.8 Å². The van der Waals surface area contributed by atoms with Gasteiger partial charge in [0.1, 0.15) is 5.82 Å². The van der Waals surface area contributed by atoms with E-state index in [9.17, 15) is 9.59 Å². The second kappa shape index (κ2) is 6.34. The summed E-state index contributed by atoms with van der Waals surface area (Å²) in [6.07, 6.45) is 6.22. The summed E-state index contributed by atoms with van der Waals surface area (Å²) in [5.41, 5.74) is 0. The second-order valence-electron chi connectivity index (χ2n) is 7.16. The zero-order chi connectivity index (χ0) is 16.6. The molecule has 126 valence electrons. The topological polar surface area (TPSA) is 58.4 Å². The summed E-state index contributed by atoms with van der Waals surface area (Å²) in [7, 11) is 1.87. The number of imidazole rings is 1. The van der Waals surface area contributed by atoms with Crippen LogP contribution in [0.1, 0.15) is 32.5 Å². The van der Waals surface area contributed by atoms with Gasteiger partial charge in [-0.1, -0.05) is 0 Å². The lowest BCUT2D eigenvalue weighted by Crippen LogP contribution is -2.39. The van der Waals surface area contributed by atoms with E-state index < -0.39 is 0 Å². The molecule has 2 atom stereocenters. The van der Waals surface area contributed by atoms with Crippen LogP contribution in [0.2, 0.25) is 0 Å². The molecule has 0 saturated carbocycles. The molecule has 3 rings (SSSR count). The van der Waals surface area contributed by atoms with Crippen molar-refractivity contribution < 1.29 is 9.59 Å². The second-order valence-corrected chi connectivity index (χ2v) is 7.16. The van der Waals surface area contributed by atoms with Gasteiger partial charge >= 0.3 is 0 Å². The van der Waals surface area contributed by atoms with Gasteiger partial charge in [-0.3, -0.25) is 9.59 Å². The van der Waals surface area contributed by atoms with Crippen molar-refractivity contribution in [2.75, 3.05) is 20.1 Å². The Hall–Kier alpha value is -1.85. The fourth-order valence-electron chi connectivity index (χ4n) is 3.76. The Balaban J connectivity index is 1.56. The highest BCUT2D eigenvalue weighted by molar-refractivity contribution is 5.89. The van der Waals surface area contributed by atoms with Crippen molar-refractivity contribution in [2.45, 2.75) is 45.7 Å². The number of amides is 2. The largest absolute Gasteiger partial charge is 0.345 e. The standard InChI is InChI=1S/C17H26N4O2/c1-12(2)21-11-14(9-16(21)22)17(23)19(3)10-13-4-6-20-7-5-18-15(20)8-13/h5,7,12-14H,4,6,8-11H2,1-3H3/t13-,14+/m1/s1. The fourth-order valence-corrected chi connectivity index (χ4v) is 3.76. The number of rotatable bonds is 4. The SMILES string of the molecule is CC(C)N1C[C@@H](C(=O)N(C)C[C@@H]2CCn3ccnc3C2)CC1=O. The number of hydrogen-bond acceptors (Lipinski definition) is 3. The minimum Gasteiger partial charge on any atom is -0.345 e. The maximum atomic E-state index is 12.7. The highest BCUT2D eigenvalue weighted by Gasteiger charge is 2.37. The molecule has 0 aromatic carbocycles. The Morgan fingerprint density at radius 2 is 2.22 bits per heavy atom. The number of carbonyl (C=O) groups excluding carboxylic acids is 2. The van der Waals surface area contributed by atoms with Crippen molar-refractivity contribution in [1.82, 2.24) is 19.4 Å². The molecule has 1 aromatic rings. The Morgan fingerprint density at radius 1 is 1.43 bits per heavy atom. The summed E-state index contributed by atoms with van der Waals surface area (Å²) < 4.78 is 2.19. The van der Waals surface area contributed by atoms with Crippen LogP contribution in [-0.2, 0) is 22.6 Å². The molecule has 6 nitrogen and oxygen atoms in total. The third-order valence-electron chi connectivity index (χ3n) is 5.09. The Morgan fingerprint density at radius 3 is 2.91 bits per heavy atom. The number of aryl methyl sites for hydroxylation is 1. The molecule has 6 heteroatoms. The van der Waals surface area contributed by atoms with Crippen LogP contribution in [0.3, 0.4) is 0 Å². The van der Waals surface area contributed by atoms with Crippen molar-refractivity contribution in [1.29, 1.82) is 0 Å². The molecule has 1 aromatic heterocycles. The Labute approximate surface area is 137 Å². The summed E-state index contributed by atoms with van der Waals surface area (Å²) in [4.78, 5) is 32.7. The molecule has 0 spiro atoms. The zero-order valence-corrected chi connectivity index (χ0v) is 14.2. The van der Waals surface area contributed by atoms with E-state index in [1.807, 2.05) is 43.1 Å². The van der Waals surface area contributed by atoms with E-state index in [2.05, 4.69) is 9.55 Å². The first-order valence-electron chi connectivity index (χ1n) is 8.50. The lowest BCUT2D eigenvalue weighted by atomic mass is 9.96. The predicted molar refractivity (Wildman–Crippen MR) is 86.6 cm³/mol. The number of nitrogens with zero attached hydrogens (tertiary/aromatic N) is 4. The average molecular weight is 318 g/mol. The molecular formula is C17H26N4O2. The quantitative estimate of drug-likeness (QED) is 0.837. The molecule has 0 bridgehead atoms. The van der Waals surface area contributed by atoms with Crippen LogP contribution in [0.5, 0.6) is 0 Å². The summed E-state index contributed by atoms with van der Waals surface area (Å²) in [5.74, 6) is 1.60. The van der Waals surface area contributed by atoms with Crippen molar-refractivity contribution >= 4 is 11.8 Å². The fraction of sp³-hybridized carbons (Fsp3) is 0.706. The third kappa shape index (κ3) is 3.26. The van der Waals surface area contributed by atoms with E-state index in [1.165, 1.54) is 0 Å². The molecule has 0 N–H and O–H groups in total. The Kier molecular flexibility index (Phi) is 4.41. The summed E-state index contributed by atoms with van der Waals surface area (Å²) in [6, 6.07) is 0.169. The molecule has 0 aliphatic carbocycles. The first kappa shape index (κ1) is 16.0. The van der Waals surface area contributed by atoms with E-state index in [1.54, 1.807) is 0 Å². The molecule has 2 aliphatic heterocycles. The summed E-state index contributed by atoms with van der Waals surface area (Å²) >= 11 is 0. The van der Waals surface area contributed by atoms with E-state index in [-0.39, 0.29) is 23.8 Å². The van der Waals surface area contributed by atoms with Crippen molar-refractivity contribution in [3.63, 3.8) is 0 Å². The van der Waals surface area contributed by atoms with Gasteiger partial charge in [0, 0.05) is 58.0 Å². The van der Waals surface area contributed by atoms with Gasteiger partial charge < -0.3 is 14.4 Å². The highest BCUT2D eigenvalue weighted by Crippen LogP contribution is 2.24. The number of carbonyl (C=O) groups is 2. The van der Waals surface area contributed by atoms with Crippen LogP contribution in [-0.4, -0.2) is 57.3 Å². The third-order valence-corrected chi connectivity index (χ3v) is 5.09. The summed E-state index contributed by atoms with van der Waals surface area (Å²) in [5, 5.41) is 0. The average Bonchev–Trinajstić information content (AvgIpc) is 3.12. The van der Waals surface area contributed by atoms with Crippen LogP contribution in [0.4, 0.5) is 0 Å². The van der Waals surface area contributed by atoms with Crippen LogP contribution in [0.15, 0.2) is 12.4 Å². The smallest absolute Gasteiger partial charge is 0.227 e. The van der Waals surface area contributed by atoms with Crippen LogP contribution >= 0.6 is 0 Å². The maximum absolute atomic E-state index is 12.7. The molecule has 1 fully saturated rings. The number of likely N-dealkylation sites (tertiary alicyclic amines) is 1. The van der Waals surface area contributed by atoms with E-state index >= 15 is 0 Å². The molecule has 0 radical (unpaired) electrons. The van der Waals surface area contributed by atoms with E-state index in [0.29, 0.717) is 18.9 Å². The predicted octanol–water partition coefficient (Wildman–Crippen LogP) is 1.16. The lowest BCUT2D eigenvalue weighted by molar-refractivity contribution is -0.135. The number of fused-ring (bicyclic) bond motifs is 1. The van der Waals surface area contributed by atoms with Gasteiger partial charge in [0.15, 0.2) is 0 Å². The van der Waals surface area contributed by atoms with Gasteiger partial charge in [-0.15, -0.1) is 0 Å². The molecule has 3 heterocycles. The molecule has 2 amide bonds. The molecule has 2 aliphatic rings. The van der Waals surface area contributed by atoms with Gasteiger partial charge in [0.25, 0.3) is 0 Å². The van der Waals surface area contributed by atoms with Gasteiger partial charge in [-0.05, 0) is 26.2 Å². The Bertz CT molecular complexity index is 595. The highest BCUT2D eigenvalue weighted by atomic mass is 16.2. The number of hydrogen-bond donors (Lipinski definition) is 0. The first-order chi connectivity index (χ1) is 11.0. The van der Waals surface area contributed by atoms with Crippen molar-refractivity contribution in [2.24, 2.45) is 11.8 Å². The van der Waals surface area contributed by atoms with E-state index in [4.69, 9.17) is 0 Å². The monoisotopic (exact) mass is 318 g/mol. The molecule has 1 saturated heterocycles. The first-order valence-corrected chi connectivity index (χ1v) is 8.50. The van der Waals surface area contributed by atoms with Gasteiger partial charge in [-0.25, -0.2) is 4.98 Å². The lowest BCUT2D eigenvalue weighted by Gasteiger charge is -2.29. The molecule has 23 heavy (non-hydrogen) atoms. The van der Waals surface area contributed by atoms with Crippen LogP contribution in [0.25, 0.3) is 0 Å². The molecular weight excluding hydrogens is 292 g/mol. The molecule has 0 unspecified atom stereocenters. The van der Waals surface area contributed by atoms with Gasteiger partial charge in [-0.2, -0.15) is 0 Å². The van der Waals surface area contributed by atoms with E-state index in [0.717, 1.165) is 31.8 Å².